The first-order valence-corrected chi connectivity index (χ1v) is 11.4. The molecule has 1 atom stereocenters. The summed E-state index contributed by atoms with van der Waals surface area (Å²) in [6.07, 6.45) is 6.97. The summed E-state index contributed by atoms with van der Waals surface area (Å²) in [5, 5.41) is 3.86. The zero-order valence-corrected chi connectivity index (χ0v) is 18.5. The summed E-state index contributed by atoms with van der Waals surface area (Å²) in [6, 6.07) is 7.08. The molecule has 4 fully saturated rings. The van der Waals surface area contributed by atoms with Gasteiger partial charge in [0.05, 0.1) is 0 Å². The van der Waals surface area contributed by atoms with Gasteiger partial charge in [0.15, 0.2) is 0 Å². The molecule has 4 bridgehead atoms. The van der Waals surface area contributed by atoms with Crippen molar-refractivity contribution in [3.8, 4) is 0 Å². The Morgan fingerprint density at radius 2 is 1.72 bits per heavy atom. The molecule has 0 radical (unpaired) electrons. The Morgan fingerprint density at radius 3 is 2.24 bits per heavy atom. The lowest BCUT2D eigenvalue weighted by atomic mass is 9.49. The molecule has 1 aromatic carbocycles. The van der Waals surface area contributed by atoms with Gasteiger partial charge in [-0.3, -0.25) is 9.59 Å². The third-order valence-corrected chi connectivity index (χ3v) is 7.66. The van der Waals surface area contributed by atoms with Crippen molar-refractivity contribution in [3.05, 3.63) is 34.9 Å². The smallest absolute Gasteiger partial charge is 0.245 e. The SMILES string of the molecule is CC(C)C(NC(=O)C12CC3CC(CC(C3)C1)C2)C(=O)N(C)Cc1cccc(Cl)c1. The van der Waals surface area contributed by atoms with E-state index >= 15 is 0 Å². The fraction of sp³-hybridized carbons (Fsp3) is 0.667. The van der Waals surface area contributed by atoms with Gasteiger partial charge in [-0.25, -0.2) is 0 Å². The number of carbonyl (C=O) groups excluding carboxylic acids is 2. The van der Waals surface area contributed by atoms with Crippen LogP contribution in [0.25, 0.3) is 0 Å². The number of nitrogens with zero attached hydrogens (tertiary/aromatic N) is 1. The molecule has 4 saturated carbocycles. The number of likely N-dealkylation sites (N-methyl/N-ethyl adjacent to an activating group) is 1. The summed E-state index contributed by atoms with van der Waals surface area (Å²) in [7, 11) is 1.80. The molecule has 0 heterocycles. The first-order valence-electron chi connectivity index (χ1n) is 11.1. The van der Waals surface area contributed by atoms with Crippen LogP contribution in [-0.4, -0.2) is 29.8 Å². The van der Waals surface area contributed by atoms with Crippen LogP contribution in [0.2, 0.25) is 5.02 Å². The van der Waals surface area contributed by atoms with Crippen molar-refractivity contribution in [2.24, 2.45) is 29.1 Å². The van der Waals surface area contributed by atoms with E-state index in [0.717, 1.165) is 24.8 Å². The molecular weight excluding hydrogens is 384 g/mol. The lowest BCUT2D eigenvalue weighted by Gasteiger charge is -2.56. The van der Waals surface area contributed by atoms with Crippen LogP contribution in [-0.2, 0) is 16.1 Å². The number of hydrogen-bond acceptors (Lipinski definition) is 2. The predicted molar refractivity (Wildman–Crippen MR) is 115 cm³/mol. The Balaban J connectivity index is 1.45. The minimum atomic E-state index is -0.486. The van der Waals surface area contributed by atoms with Gasteiger partial charge in [0, 0.05) is 24.0 Å². The highest BCUT2D eigenvalue weighted by molar-refractivity contribution is 6.30. The minimum Gasteiger partial charge on any atom is -0.344 e. The first kappa shape index (κ1) is 20.7. The van der Waals surface area contributed by atoms with Crippen LogP contribution in [0.15, 0.2) is 24.3 Å². The number of hydrogen-bond donors (Lipinski definition) is 1. The summed E-state index contributed by atoms with van der Waals surface area (Å²) in [4.78, 5) is 28.4. The standard InChI is InChI=1S/C24H33ClN2O2/c1-15(2)21(22(28)27(3)14-16-5-4-6-20(25)10-16)26-23(29)24-11-17-7-18(12-24)9-19(8-17)13-24/h4-6,10,15,17-19,21H,7-9,11-14H2,1-3H3,(H,26,29). The second kappa shape index (κ2) is 7.94. The van der Waals surface area contributed by atoms with Crippen molar-refractivity contribution < 1.29 is 9.59 Å². The maximum absolute atomic E-state index is 13.4. The molecule has 1 unspecified atom stereocenters. The molecule has 1 N–H and O–H groups in total. The number of benzene rings is 1. The number of amides is 2. The van der Waals surface area contributed by atoms with Crippen LogP contribution in [0, 0.1) is 29.1 Å². The molecule has 0 aliphatic heterocycles. The van der Waals surface area contributed by atoms with Crippen LogP contribution in [0.4, 0.5) is 0 Å². The summed E-state index contributed by atoms with van der Waals surface area (Å²) >= 11 is 6.08. The summed E-state index contributed by atoms with van der Waals surface area (Å²) in [5.41, 5.74) is 0.761. The fourth-order valence-electron chi connectivity index (χ4n) is 6.42. The van der Waals surface area contributed by atoms with E-state index in [2.05, 4.69) is 5.32 Å². The summed E-state index contributed by atoms with van der Waals surface area (Å²) in [5.74, 6) is 2.28. The number of nitrogens with one attached hydrogen (secondary N) is 1. The van der Waals surface area contributed by atoms with E-state index in [-0.39, 0.29) is 23.1 Å². The van der Waals surface area contributed by atoms with Crippen molar-refractivity contribution in [2.45, 2.75) is 65.0 Å². The Bertz CT molecular complexity index is 756. The van der Waals surface area contributed by atoms with Gasteiger partial charge in [-0.2, -0.15) is 0 Å². The van der Waals surface area contributed by atoms with Gasteiger partial charge >= 0.3 is 0 Å². The van der Waals surface area contributed by atoms with E-state index in [0.29, 0.717) is 29.3 Å². The van der Waals surface area contributed by atoms with Crippen molar-refractivity contribution in [2.75, 3.05) is 7.05 Å². The van der Waals surface area contributed by atoms with Crippen LogP contribution in [0.5, 0.6) is 0 Å². The molecule has 5 rings (SSSR count). The molecule has 158 valence electrons. The maximum atomic E-state index is 13.4. The molecule has 5 heteroatoms. The molecular formula is C24H33ClN2O2. The lowest BCUT2D eigenvalue weighted by molar-refractivity contribution is -0.150. The van der Waals surface area contributed by atoms with Crippen LogP contribution >= 0.6 is 11.6 Å². The Hall–Kier alpha value is -1.55. The number of carbonyl (C=O) groups is 2. The van der Waals surface area contributed by atoms with Crippen LogP contribution in [0.1, 0.15) is 57.9 Å². The largest absolute Gasteiger partial charge is 0.344 e. The Labute approximate surface area is 179 Å². The van der Waals surface area contributed by atoms with Crippen molar-refractivity contribution >= 4 is 23.4 Å². The molecule has 1 aromatic rings. The van der Waals surface area contributed by atoms with E-state index < -0.39 is 6.04 Å². The molecule has 0 aromatic heterocycles. The summed E-state index contributed by atoms with van der Waals surface area (Å²) in [6.45, 7) is 4.50. The second-order valence-electron chi connectivity index (χ2n) is 10.2. The molecule has 4 aliphatic rings. The van der Waals surface area contributed by atoms with Crippen LogP contribution in [0.3, 0.4) is 0 Å². The van der Waals surface area contributed by atoms with Gasteiger partial charge < -0.3 is 10.2 Å². The quantitative estimate of drug-likeness (QED) is 0.733. The highest BCUT2D eigenvalue weighted by atomic mass is 35.5. The van der Waals surface area contributed by atoms with Gasteiger partial charge in [-0.05, 0) is 79.9 Å². The van der Waals surface area contributed by atoms with Gasteiger partial charge in [0.1, 0.15) is 6.04 Å². The molecule has 2 amide bonds. The predicted octanol–water partition coefficient (Wildman–Crippen LogP) is 4.66. The maximum Gasteiger partial charge on any atom is 0.245 e. The minimum absolute atomic E-state index is 0.0296. The Kier molecular flexibility index (Phi) is 5.67. The van der Waals surface area contributed by atoms with E-state index in [1.807, 2.05) is 38.1 Å². The topological polar surface area (TPSA) is 49.4 Å². The number of rotatable bonds is 6. The molecule has 0 saturated heterocycles. The monoisotopic (exact) mass is 416 g/mol. The average molecular weight is 417 g/mol. The van der Waals surface area contributed by atoms with Crippen molar-refractivity contribution in [1.82, 2.24) is 10.2 Å². The van der Waals surface area contributed by atoms with Gasteiger partial charge in [-0.1, -0.05) is 37.6 Å². The van der Waals surface area contributed by atoms with E-state index in [1.54, 1.807) is 11.9 Å². The Morgan fingerprint density at radius 1 is 1.14 bits per heavy atom. The fourth-order valence-corrected chi connectivity index (χ4v) is 6.63. The third kappa shape index (κ3) is 4.19. The van der Waals surface area contributed by atoms with Gasteiger partial charge in [-0.15, -0.1) is 0 Å². The normalized spacial score (nSPS) is 31.0. The summed E-state index contributed by atoms with van der Waals surface area (Å²) < 4.78 is 0. The van der Waals surface area contributed by atoms with Crippen molar-refractivity contribution in [1.29, 1.82) is 0 Å². The molecule has 4 nitrogen and oxygen atoms in total. The van der Waals surface area contributed by atoms with Gasteiger partial charge in [0.25, 0.3) is 0 Å². The van der Waals surface area contributed by atoms with E-state index in [9.17, 15) is 9.59 Å². The zero-order chi connectivity index (χ0) is 20.8. The van der Waals surface area contributed by atoms with E-state index in [1.165, 1.54) is 19.3 Å². The van der Waals surface area contributed by atoms with Crippen molar-refractivity contribution in [3.63, 3.8) is 0 Å². The highest BCUT2D eigenvalue weighted by Gasteiger charge is 2.55. The third-order valence-electron chi connectivity index (χ3n) is 7.42. The first-order chi connectivity index (χ1) is 13.8. The number of halogens is 1. The molecule has 4 aliphatic carbocycles. The second-order valence-corrected chi connectivity index (χ2v) is 10.7. The van der Waals surface area contributed by atoms with Crippen LogP contribution < -0.4 is 5.32 Å². The lowest BCUT2D eigenvalue weighted by Crippen LogP contribution is -2.58. The van der Waals surface area contributed by atoms with Gasteiger partial charge in [0.2, 0.25) is 11.8 Å². The molecule has 29 heavy (non-hydrogen) atoms. The highest BCUT2D eigenvalue weighted by Crippen LogP contribution is 2.60. The van der Waals surface area contributed by atoms with E-state index in [4.69, 9.17) is 11.6 Å². The molecule has 0 spiro atoms. The average Bonchev–Trinajstić information content (AvgIpc) is 2.64. The zero-order valence-electron chi connectivity index (χ0n) is 17.8.